The predicted octanol–water partition coefficient (Wildman–Crippen LogP) is 2.27. The number of nitrogens with zero attached hydrogens (tertiary/aromatic N) is 1. The fourth-order valence-electron chi connectivity index (χ4n) is 3.14. The second-order valence-corrected chi connectivity index (χ2v) is 5.03. The molecule has 1 aliphatic rings. The van der Waals surface area contributed by atoms with Gasteiger partial charge in [-0.05, 0) is 26.0 Å². The summed E-state index contributed by atoms with van der Waals surface area (Å²) in [7, 11) is 3.77. The van der Waals surface area contributed by atoms with Gasteiger partial charge in [-0.25, -0.2) is 4.98 Å². The average molecular weight is 249 g/mol. The molecule has 0 aromatic carbocycles. The van der Waals surface area contributed by atoms with E-state index in [1.54, 1.807) is 6.20 Å². The van der Waals surface area contributed by atoms with Crippen LogP contribution in [-0.2, 0) is 4.74 Å². The van der Waals surface area contributed by atoms with E-state index in [2.05, 4.69) is 10.3 Å². The van der Waals surface area contributed by atoms with Crippen LogP contribution in [0, 0.1) is 0 Å². The molecule has 100 valence electrons. The monoisotopic (exact) mass is 249 g/mol. The van der Waals surface area contributed by atoms with Crippen LogP contribution in [0.4, 0.5) is 5.82 Å². The van der Waals surface area contributed by atoms with Crippen LogP contribution in [0.25, 0.3) is 0 Å². The van der Waals surface area contributed by atoms with Gasteiger partial charge in [0, 0.05) is 18.9 Å². The Morgan fingerprint density at radius 2 is 2.11 bits per heavy atom. The lowest BCUT2D eigenvalue weighted by Gasteiger charge is -2.42. The minimum atomic E-state index is -0.149. The molecular formula is C14H23N3O. The average Bonchev–Trinajstić information content (AvgIpc) is 2.43. The first kappa shape index (κ1) is 13.3. The van der Waals surface area contributed by atoms with Crippen LogP contribution < -0.4 is 11.1 Å². The minimum Gasteiger partial charge on any atom is -0.383 e. The van der Waals surface area contributed by atoms with Gasteiger partial charge in [-0.1, -0.05) is 25.3 Å². The molecular weight excluding hydrogens is 226 g/mol. The fraction of sp³-hybridized carbons (Fsp3) is 0.643. The van der Waals surface area contributed by atoms with Crippen LogP contribution in [0.15, 0.2) is 18.3 Å². The number of nitrogens with two attached hydrogens (primary N) is 1. The largest absolute Gasteiger partial charge is 0.383 e. The fourth-order valence-corrected chi connectivity index (χ4v) is 3.14. The lowest BCUT2D eigenvalue weighted by molar-refractivity contribution is -0.0670. The maximum atomic E-state index is 6.01. The number of anilines is 1. The van der Waals surface area contributed by atoms with Gasteiger partial charge in [-0.15, -0.1) is 0 Å². The zero-order valence-corrected chi connectivity index (χ0v) is 11.3. The van der Waals surface area contributed by atoms with Crippen molar-refractivity contribution >= 4 is 5.82 Å². The summed E-state index contributed by atoms with van der Waals surface area (Å²) in [4.78, 5) is 4.19. The van der Waals surface area contributed by atoms with E-state index < -0.39 is 0 Å². The van der Waals surface area contributed by atoms with E-state index in [9.17, 15) is 0 Å². The Balaban J connectivity index is 2.34. The molecule has 0 saturated heterocycles. The summed E-state index contributed by atoms with van der Waals surface area (Å²) in [6.07, 6.45) is 7.60. The van der Waals surface area contributed by atoms with Crippen LogP contribution >= 0.6 is 0 Å². The third-order valence-electron chi connectivity index (χ3n) is 4.10. The number of ether oxygens (including phenoxy) is 1. The molecule has 1 unspecified atom stereocenters. The molecule has 1 aromatic rings. The molecule has 0 amide bonds. The molecule has 1 heterocycles. The Morgan fingerprint density at radius 3 is 2.67 bits per heavy atom. The quantitative estimate of drug-likeness (QED) is 0.859. The van der Waals surface area contributed by atoms with E-state index in [0.717, 1.165) is 18.4 Å². The molecule has 4 heteroatoms. The summed E-state index contributed by atoms with van der Waals surface area (Å²) in [5.74, 6) is 0.596. The number of nitrogen functional groups attached to an aromatic ring is 1. The molecule has 18 heavy (non-hydrogen) atoms. The summed E-state index contributed by atoms with van der Waals surface area (Å²) >= 11 is 0. The first-order valence-corrected chi connectivity index (χ1v) is 6.66. The molecule has 1 atom stereocenters. The van der Waals surface area contributed by atoms with Crippen LogP contribution in [0.5, 0.6) is 0 Å². The summed E-state index contributed by atoms with van der Waals surface area (Å²) < 4.78 is 5.90. The van der Waals surface area contributed by atoms with Crippen LogP contribution in [-0.4, -0.2) is 24.7 Å². The molecule has 1 aliphatic carbocycles. The SMILES string of the molecule is CNC(c1cccnc1N)C1(OC)CCCCC1. The van der Waals surface area contributed by atoms with Gasteiger partial charge >= 0.3 is 0 Å². The number of nitrogens with one attached hydrogen (secondary N) is 1. The Labute approximate surface area is 109 Å². The highest BCUT2D eigenvalue weighted by Crippen LogP contribution is 2.41. The highest BCUT2D eigenvalue weighted by molar-refractivity contribution is 5.42. The summed E-state index contributed by atoms with van der Waals surface area (Å²) in [6, 6.07) is 4.08. The van der Waals surface area contributed by atoms with E-state index in [1.807, 2.05) is 26.3 Å². The molecule has 0 aliphatic heterocycles. The van der Waals surface area contributed by atoms with Crippen molar-refractivity contribution in [2.24, 2.45) is 0 Å². The Hall–Kier alpha value is -1.13. The van der Waals surface area contributed by atoms with E-state index in [4.69, 9.17) is 10.5 Å². The number of hydrogen-bond acceptors (Lipinski definition) is 4. The van der Waals surface area contributed by atoms with Gasteiger partial charge in [0.25, 0.3) is 0 Å². The second kappa shape index (κ2) is 5.67. The molecule has 0 spiro atoms. The van der Waals surface area contributed by atoms with Gasteiger partial charge < -0.3 is 15.8 Å². The van der Waals surface area contributed by atoms with Crippen molar-refractivity contribution in [2.45, 2.75) is 43.7 Å². The lowest BCUT2D eigenvalue weighted by atomic mass is 9.76. The van der Waals surface area contributed by atoms with E-state index in [0.29, 0.717) is 5.82 Å². The zero-order chi connectivity index (χ0) is 13.0. The van der Waals surface area contributed by atoms with Crippen molar-refractivity contribution in [3.63, 3.8) is 0 Å². The number of pyridine rings is 1. The van der Waals surface area contributed by atoms with Crippen LogP contribution in [0.2, 0.25) is 0 Å². The van der Waals surface area contributed by atoms with Crippen molar-refractivity contribution in [1.29, 1.82) is 0 Å². The first-order chi connectivity index (χ1) is 8.73. The Kier molecular flexibility index (Phi) is 4.19. The van der Waals surface area contributed by atoms with Gasteiger partial charge in [-0.3, -0.25) is 0 Å². The van der Waals surface area contributed by atoms with Crippen molar-refractivity contribution in [1.82, 2.24) is 10.3 Å². The number of rotatable bonds is 4. The van der Waals surface area contributed by atoms with Crippen molar-refractivity contribution < 1.29 is 4.74 Å². The van der Waals surface area contributed by atoms with Crippen molar-refractivity contribution in [3.8, 4) is 0 Å². The van der Waals surface area contributed by atoms with Crippen LogP contribution in [0.1, 0.15) is 43.7 Å². The Morgan fingerprint density at radius 1 is 1.39 bits per heavy atom. The summed E-state index contributed by atoms with van der Waals surface area (Å²) in [5.41, 5.74) is 6.91. The molecule has 4 nitrogen and oxygen atoms in total. The highest BCUT2D eigenvalue weighted by Gasteiger charge is 2.41. The normalized spacial score (nSPS) is 20.6. The number of hydrogen-bond donors (Lipinski definition) is 2. The van der Waals surface area contributed by atoms with Gasteiger partial charge in [-0.2, -0.15) is 0 Å². The lowest BCUT2D eigenvalue weighted by Crippen LogP contribution is -2.46. The standard InChI is InChI=1S/C14H23N3O/c1-16-12(11-7-6-10-17-13(11)15)14(18-2)8-4-3-5-9-14/h6-7,10,12,16H,3-5,8-9H2,1-2H3,(H2,15,17). The van der Waals surface area contributed by atoms with E-state index >= 15 is 0 Å². The Bertz CT molecular complexity index is 388. The number of likely N-dealkylation sites (N-methyl/N-ethyl adjacent to an activating group) is 1. The van der Waals surface area contributed by atoms with Gasteiger partial charge in [0.15, 0.2) is 0 Å². The number of methoxy groups -OCH3 is 1. The van der Waals surface area contributed by atoms with Gasteiger partial charge in [0.05, 0.1) is 11.6 Å². The third kappa shape index (κ3) is 2.35. The smallest absolute Gasteiger partial charge is 0.128 e. The molecule has 1 fully saturated rings. The molecule has 0 bridgehead atoms. The molecule has 1 saturated carbocycles. The maximum absolute atomic E-state index is 6.01. The zero-order valence-electron chi connectivity index (χ0n) is 11.3. The summed E-state index contributed by atoms with van der Waals surface area (Å²) in [5, 5.41) is 3.38. The minimum absolute atomic E-state index is 0.108. The molecule has 1 aromatic heterocycles. The maximum Gasteiger partial charge on any atom is 0.128 e. The van der Waals surface area contributed by atoms with Crippen molar-refractivity contribution in [2.75, 3.05) is 19.9 Å². The van der Waals surface area contributed by atoms with Crippen LogP contribution in [0.3, 0.4) is 0 Å². The molecule has 3 N–H and O–H groups in total. The van der Waals surface area contributed by atoms with E-state index in [-0.39, 0.29) is 11.6 Å². The highest BCUT2D eigenvalue weighted by atomic mass is 16.5. The summed E-state index contributed by atoms with van der Waals surface area (Å²) in [6.45, 7) is 0. The predicted molar refractivity (Wildman–Crippen MR) is 73.3 cm³/mol. The van der Waals surface area contributed by atoms with Gasteiger partial charge in [0.1, 0.15) is 5.82 Å². The van der Waals surface area contributed by atoms with Gasteiger partial charge in [0.2, 0.25) is 0 Å². The first-order valence-electron chi connectivity index (χ1n) is 6.66. The van der Waals surface area contributed by atoms with E-state index in [1.165, 1.54) is 19.3 Å². The topological polar surface area (TPSA) is 60.2 Å². The molecule has 0 radical (unpaired) electrons. The number of aromatic nitrogens is 1. The second-order valence-electron chi connectivity index (χ2n) is 5.03. The molecule has 2 rings (SSSR count). The van der Waals surface area contributed by atoms with Crippen molar-refractivity contribution in [3.05, 3.63) is 23.9 Å². The third-order valence-corrected chi connectivity index (χ3v) is 4.10.